The molecule has 184 valence electrons. The average molecular weight is 498 g/mol. The minimum absolute atomic E-state index is 0.333. The zero-order valence-corrected chi connectivity index (χ0v) is 21.6. The van der Waals surface area contributed by atoms with Crippen molar-refractivity contribution in [3.8, 4) is 5.69 Å². The van der Waals surface area contributed by atoms with Crippen LogP contribution in [-0.4, -0.2) is 4.57 Å². The SMILES string of the molecule is C1=CCC2C(=C1)C(c1ccccc1)=c1ccccc1=C2c1ccc(-n2c3ccccc3c3ccccc32)cc1. The summed E-state index contributed by atoms with van der Waals surface area (Å²) in [6.45, 7) is 0. The van der Waals surface area contributed by atoms with Crippen LogP contribution in [-0.2, 0) is 0 Å². The molecule has 5 aromatic carbocycles. The molecule has 0 spiro atoms. The highest BCUT2D eigenvalue weighted by molar-refractivity contribution is 6.09. The van der Waals surface area contributed by atoms with Gasteiger partial charge in [0.2, 0.25) is 0 Å². The van der Waals surface area contributed by atoms with Crippen molar-refractivity contribution in [1.29, 1.82) is 0 Å². The highest BCUT2D eigenvalue weighted by Crippen LogP contribution is 2.40. The van der Waals surface area contributed by atoms with E-state index >= 15 is 0 Å². The molecule has 0 N–H and O–H groups in total. The maximum atomic E-state index is 2.39. The Hall–Kier alpha value is -4.88. The number of hydrogen-bond donors (Lipinski definition) is 0. The summed E-state index contributed by atoms with van der Waals surface area (Å²) in [6.07, 6.45) is 7.89. The summed E-state index contributed by atoms with van der Waals surface area (Å²) in [5.74, 6) is 0.333. The van der Waals surface area contributed by atoms with Gasteiger partial charge in [-0.3, -0.25) is 0 Å². The van der Waals surface area contributed by atoms with E-state index in [1.54, 1.807) is 0 Å². The molecule has 0 aliphatic heterocycles. The van der Waals surface area contributed by atoms with E-state index < -0.39 is 0 Å². The third-order valence-electron chi connectivity index (χ3n) is 8.36. The molecule has 1 aromatic heterocycles. The summed E-state index contributed by atoms with van der Waals surface area (Å²) < 4.78 is 2.39. The minimum Gasteiger partial charge on any atom is -0.309 e. The zero-order valence-electron chi connectivity index (χ0n) is 21.6. The Labute approximate surface area is 228 Å². The Bertz CT molecular complexity index is 2020. The summed E-state index contributed by atoms with van der Waals surface area (Å²) in [5, 5.41) is 5.25. The van der Waals surface area contributed by atoms with Crippen molar-refractivity contribution in [2.45, 2.75) is 6.42 Å². The van der Waals surface area contributed by atoms with Crippen LogP contribution in [0.25, 0.3) is 38.6 Å². The van der Waals surface area contributed by atoms with Crippen LogP contribution in [0, 0.1) is 5.92 Å². The van der Waals surface area contributed by atoms with Crippen LogP contribution >= 0.6 is 0 Å². The van der Waals surface area contributed by atoms with Crippen LogP contribution in [0.3, 0.4) is 0 Å². The van der Waals surface area contributed by atoms with Gasteiger partial charge < -0.3 is 4.57 Å². The Balaban J connectivity index is 1.36. The van der Waals surface area contributed by atoms with Gasteiger partial charge in [0.1, 0.15) is 0 Å². The van der Waals surface area contributed by atoms with Crippen molar-refractivity contribution in [1.82, 2.24) is 4.57 Å². The quantitative estimate of drug-likeness (QED) is 0.236. The molecule has 1 atom stereocenters. The molecule has 1 heterocycles. The molecule has 1 heteroatoms. The number of hydrogen-bond acceptors (Lipinski definition) is 0. The van der Waals surface area contributed by atoms with Crippen molar-refractivity contribution < 1.29 is 0 Å². The van der Waals surface area contributed by atoms with Gasteiger partial charge in [0, 0.05) is 22.4 Å². The summed E-state index contributed by atoms with van der Waals surface area (Å²) >= 11 is 0. The standard InChI is InChI=1S/C38H27N/c1-2-12-26(13-3-1)37-31-16-4-6-18-33(31)38(34-19-7-5-17-32(34)37)27-22-24-28(25-23-27)39-35-20-10-8-14-29(35)30-15-9-11-21-36(30)39/h1-18,20-25,34H,19H2. The van der Waals surface area contributed by atoms with Crippen molar-refractivity contribution in [2.24, 2.45) is 5.92 Å². The van der Waals surface area contributed by atoms with Crippen LogP contribution in [0.2, 0.25) is 0 Å². The fraction of sp³-hybridized carbons (Fsp3) is 0.0526. The topological polar surface area (TPSA) is 4.93 Å². The Morgan fingerprint density at radius 2 is 1.15 bits per heavy atom. The van der Waals surface area contributed by atoms with E-state index in [1.807, 2.05) is 0 Å². The molecule has 0 amide bonds. The number of nitrogens with zero attached hydrogens (tertiary/aromatic N) is 1. The molecule has 6 aromatic rings. The van der Waals surface area contributed by atoms with Gasteiger partial charge in [-0.15, -0.1) is 0 Å². The molecule has 39 heavy (non-hydrogen) atoms. The third-order valence-corrected chi connectivity index (χ3v) is 8.36. The molecule has 0 saturated heterocycles. The lowest BCUT2D eigenvalue weighted by Gasteiger charge is -2.31. The van der Waals surface area contributed by atoms with Crippen molar-refractivity contribution in [2.75, 3.05) is 0 Å². The van der Waals surface area contributed by atoms with Crippen LogP contribution in [0.5, 0.6) is 0 Å². The second-order valence-electron chi connectivity index (χ2n) is 10.5. The largest absolute Gasteiger partial charge is 0.309 e. The van der Waals surface area contributed by atoms with Crippen LogP contribution in [0.15, 0.2) is 151 Å². The monoisotopic (exact) mass is 497 g/mol. The fourth-order valence-corrected chi connectivity index (χ4v) is 6.71. The smallest absolute Gasteiger partial charge is 0.0541 e. The second kappa shape index (κ2) is 8.85. The first-order chi connectivity index (χ1) is 19.4. The van der Waals surface area contributed by atoms with Gasteiger partial charge >= 0.3 is 0 Å². The summed E-state index contributed by atoms with van der Waals surface area (Å²) in [6, 6.07) is 46.5. The zero-order chi connectivity index (χ0) is 25.8. The van der Waals surface area contributed by atoms with E-state index in [0.29, 0.717) is 5.92 Å². The highest BCUT2D eigenvalue weighted by atomic mass is 15.0. The Kier molecular flexibility index (Phi) is 5.03. The van der Waals surface area contributed by atoms with Gasteiger partial charge in [-0.2, -0.15) is 0 Å². The predicted octanol–water partition coefficient (Wildman–Crippen LogP) is 7.70. The molecule has 2 aliphatic carbocycles. The van der Waals surface area contributed by atoms with Gasteiger partial charge in [0.05, 0.1) is 11.0 Å². The number of aromatic nitrogens is 1. The third kappa shape index (κ3) is 3.40. The first kappa shape index (κ1) is 22.1. The molecule has 2 aliphatic rings. The molecule has 1 nitrogen and oxygen atoms in total. The second-order valence-corrected chi connectivity index (χ2v) is 10.5. The first-order valence-corrected chi connectivity index (χ1v) is 13.7. The van der Waals surface area contributed by atoms with Crippen molar-refractivity contribution >= 4 is 33.0 Å². The van der Waals surface area contributed by atoms with Gasteiger partial charge in [0.15, 0.2) is 0 Å². The molecule has 0 radical (unpaired) electrons. The van der Waals surface area contributed by atoms with Gasteiger partial charge in [-0.25, -0.2) is 0 Å². The minimum atomic E-state index is 0.333. The van der Waals surface area contributed by atoms with Crippen LogP contribution in [0.4, 0.5) is 0 Å². The Morgan fingerprint density at radius 3 is 1.87 bits per heavy atom. The van der Waals surface area contributed by atoms with E-state index in [-0.39, 0.29) is 0 Å². The number of para-hydroxylation sites is 2. The lowest BCUT2D eigenvalue weighted by atomic mass is 9.72. The fourth-order valence-electron chi connectivity index (χ4n) is 6.71. The van der Waals surface area contributed by atoms with E-state index in [0.717, 1.165) is 6.42 Å². The van der Waals surface area contributed by atoms with E-state index in [4.69, 9.17) is 0 Å². The molecular formula is C38H27N. The molecular weight excluding hydrogens is 470 g/mol. The number of rotatable bonds is 3. The molecule has 8 rings (SSSR count). The summed E-state index contributed by atoms with van der Waals surface area (Å²) in [4.78, 5) is 0. The lowest BCUT2D eigenvalue weighted by molar-refractivity contribution is 0.797. The molecule has 1 unspecified atom stereocenters. The van der Waals surface area contributed by atoms with E-state index in [2.05, 4.69) is 150 Å². The van der Waals surface area contributed by atoms with Crippen LogP contribution in [0.1, 0.15) is 17.5 Å². The van der Waals surface area contributed by atoms with Gasteiger partial charge in [-0.05, 0) is 69.0 Å². The first-order valence-electron chi connectivity index (χ1n) is 13.7. The summed E-state index contributed by atoms with van der Waals surface area (Å²) in [7, 11) is 0. The van der Waals surface area contributed by atoms with Gasteiger partial charge in [0.25, 0.3) is 0 Å². The number of benzene rings is 5. The number of allylic oxidation sites excluding steroid dienone is 4. The highest BCUT2D eigenvalue weighted by Gasteiger charge is 2.29. The molecule has 0 saturated carbocycles. The van der Waals surface area contributed by atoms with Crippen LogP contribution < -0.4 is 10.4 Å². The lowest BCUT2D eigenvalue weighted by Crippen LogP contribution is -2.37. The summed E-state index contributed by atoms with van der Waals surface area (Å²) in [5.41, 5.74) is 10.5. The molecule has 0 bridgehead atoms. The van der Waals surface area contributed by atoms with Crippen molar-refractivity contribution in [3.63, 3.8) is 0 Å². The van der Waals surface area contributed by atoms with E-state index in [9.17, 15) is 0 Å². The van der Waals surface area contributed by atoms with Gasteiger partial charge in [-0.1, -0.05) is 121 Å². The van der Waals surface area contributed by atoms with Crippen molar-refractivity contribution in [3.05, 3.63) is 173 Å². The predicted molar refractivity (Wildman–Crippen MR) is 163 cm³/mol. The maximum Gasteiger partial charge on any atom is 0.0541 e. The Morgan fingerprint density at radius 1 is 0.538 bits per heavy atom. The maximum absolute atomic E-state index is 2.39. The average Bonchev–Trinajstić information content (AvgIpc) is 3.35. The molecule has 0 fully saturated rings. The van der Waals surface area contributed by atoms with E-state index in [1.165, 1.54) is 65.8 Å². The normalized spacial score (nSPS) is 16.3. The number of fused-ring (bicyclic) bond motifs is 5.